The number of nitrogens with one attached hydrogen (secondary N) is 2. The molecule has 0 atom stereocenters. The summed E-state index contributed by atoms with van der Waals surface area (Å²) in [6.45, 7) is 2.56. The molecule has 0 aromatic heterocycles. The predicted molar refractivity (Wildman–Crippen MR) is 96.7 cm³/mol. The minimum atomic E-state index is -0.932. The SMILES string of the molecule is O=C(O)CCN(CCNC(=O)CCNCc1ccccc1)CCC(=O)O. The molecule has 4 N–H and O–H groups in total. The van der Waals surface area contributed by atoms with Crippen LogP contribution in [0.1, 0.15) is 24.8 Å². The van der Waals surface area contributed by atoms with Gasteiger partial charge in [0.15, 0.2) is 0 Å². The zero-order chi connectivity index (χ0) is 19.2. The minimum absolute atomic E-state index is 0.0586. The number of benzene rings is 1. The van der Waals surface area contributed by atoms with Crippen molar-refractivity contribution in [3.63, 3.8) is 0 Å². The lowest BCUT2D eigenvalue weighted by Gasteiger charge is -2.20. The molecule has 26 heavy (non-hydrogen) atoms. The number of carbonyl (C=O) groups excluding carboxylic acids is 1. The number of hydrogen-bond donors (Lipinski definition) is 4. The van der Waals surface area contributed by atoms with Gasteiger partial charge < -0.3 is 25.7 Å². The molecule has 0 bridgehead atoms. The Bertz CT molecular complexity index is 547. The standard InChI is InChI=1S/C18H27N3O5/c22-16(6-9-19-14-15-4-2-1-3-5-15)20-10-13-21(11-7-17(23)24)12-8-18(25)26/h1-5,19H,6-14H2,(H,20,22)(H,23,24)(H,25,26). The number of carbonyl (C=O) groups is 3. The van der Waals surface area contributed by atoms with Gasteiger partial charge in [0.1, 0.15) is 0 Å². The Hall–Kier alpha value is -2.45. The average Bonchev–Trinajstić information content (AvgIpc) is 2.61. The van der Waals surface area contributed by atoms with Crippen LogP contribution in [-0.2, 0) is 20.9 Å². The molecule has 1 rings (SSSR count). The summed E-state index contributed by atoms with van der Waals surface area (Å²) in [5, 5.41) is 23.4. The molecule has 0 saturated carbocycles. The fraction of sp³-hybridized carbons (Fsp3) is 0.500. The highest BCUT2D eigenvalue weighted by Gasteiger charge is 2.10. The van der Waals surface area contributed by atoms with E-state index in [2.05, 4.69) is 10.6 Å². The molecule has 0 radical (unpaired) electrons. The van der Waals surface area contributed by atoms with Crippen LogP contribution in [0.3, 0.4) is 0 Å². The van der Waals surface area contributed by atoms with Crippen molar-refractivity contribution < 1.29 is 24.6 Å². The molecule has 0 fully saturated rings. The van der Waals surface area contributed by atoms with Crippen LogP contribution in [0.4, 0.5) is 0 Å². The van der Waals surface area contributed by atoms with E-state index in [0.717, 1.165) is 5.56 Å². The Balaban J connectivity index is 2.17. The van der Waals surface area contributed by atoms with Crippen LogP contribution in [0.25, 0.3) is 0 Å². The van der Waals surface area contributed by atoms with Crippen LogP contribution in [0, 0.1) is 0 Å². The number of carboxylic acid groups (broad SMARTS) is 2. The number of amides is 1. The highest BCUT2D eigenvalue weighted by atomic mass is 16.4. The molecule has 1 amide bonds. The Morgan fingerprint density at radius 2 is 1.46 bits per heavy atom. The molecule has 144 valence electrons. The van der Waals surface area contributed by atoms with Crippen LogP contribution in [-0.4, -0.2) is 65.7 Å². The van der Waals surface area contributed by atoms with E-state index in [-0.39, 0.29) is 31.8 Å². The zero-order valence-corrected chi connectivity index (χ0v) is 14.8. The van der Waals surface area contributed by atoms with Crippen LogP contribution in [0.15, 0.2) is 30.3 Å². The summed E-state index contributed by atoms with van der Waals surface area (Å²) < 4.78 is 0. The summed E-state index contributed by atoms with van der Waals surface area (Å²) in [4.78, 5) is 34.8. The first-order valence-corrected chi connectivity index (χ1v) is 8.64. The van der Waals surface area contributed by atoms with Gasteiger partial charge in [0.25, 0.3) is 0 Å². The second-order valence-corrected chi connectivity index (χ2v) is 5.89. The number of nitrogens with zero attached hydrogens (tertiary/aromatic N) is 1. The Kier molecular flexibility index (Phi) is 10.7. The molecule has 0 aliphatic rings. The van der Waals surface area contributed by atoms with Gasteiger partial charge >= 0.3 is 11.9 Å². The quantitative estimate of drug-likeness (QED) is 0.355. The third-order valence-corrected chi connectivity index (χ3v) is 3.73. The van der Waals surface area contributed by atoms with Gasteiger partial charge in [0.2, 0.25) is 5.91 Å². The predicted octanol–water partition coefficient (Wildman–Crippen LogP) is 0.534. The third kappa shape index (κ3) is 11.2. The van der Waals surface area contributed by atoms with E-state index in [1.54, 1.807) is 4.90 Å². The van der Waals surface area contributed by atoms with Gasteiger partial charge in [-0.05, 0) is 5.56 Å². The van der Waals surface area contributed by atoms with Crippen LogP contribution in [0.2, 0.25) is 0 Å². The van der Waals surface area contributed by atoms with E-state index >= 15 is 0 Å². The smallest absolute Gasteiger partial charge is 0.304 e. The number of aliphatic carboxylic acids is 2. The Morgan fingerprint density at radius 1 is 0.846 bits per heavy atom. The fourth-order valence-corrected chi connectivity index (χ4v) is 2.32. The Morgan fingerprint density at radius 3 is 2.04 bits per heavy atom. The number of rotatable bonds is 14. The summed E-state index contributed by atoms with van der Waals surface area (Å²) in [5.41, 5.74) is 1.15. The molecule has 0 saturated heterocycles. The van der Waals surface area contributed by atoms with Crippen molar-refractivity contribution in [2.24, 2.45) is 0 Å². The van der Waals surface area contributed by atoms with Gasteiger partial charge in [-0.25, -0.2) is 0 Å². The van der Waals surface area contributed by atoms with Crippen molar-refractivity contribution in [1.82, 2.24) is 15.5 Å². The van der Waals surface area contributed by atoms with Gasteiger partial charge in [0, 0.05) is 45.7 Å². The summed E-state index contributed by atoms with van der Waals surface area (Å²) >= 11 is 0. The molecule has 0 aliphatic heterocycles. The summed E-state index contributed by atoms with van der Waals surface area (Å²) in [5.74, 6) is -1.96. The van der Waals surface area contributed by atoms with Crippen molar-refractivity contribution in [2.75, 3.05) is 32.7 Å². The average molecular weight is 365 g/mol. The van der Waals surface area contributed by atoms with Gasteiger partial charge in [0.05, 0.1) is 12.8 Å². The molecular weight excluding hydrogens is 338 g/mol. The first kappa shape index (κ1) is 21.6. The van der Waals surface area contributed by atoms with Gasteiger partial charge in [-0.3, -0.25) is 14.4 Å². The monoisotopic (exact) mass is 365 g/mol. The second-order valence-electron chi connectivity index (χ2n) is 5.89. The molecule has 0 unspecified atom stereocenters. The van der Waals surface area contributed by atoms with Crippen molar-refractivity contribution >= 4 is 17.8 Å². The summed E-state index contributed by atoms with van der Waals surface area (Å²) in [7, 11) is 0. The van der Waals surface area contributed by atoms with Crippen molar-refractivity contribution in [1.29, 1.82) is 0 Å². The lowest BCUT2D eigenvalue weighted by atomic mass is 10.2. The first-order valence-electron chi connectivity index (χ1n) is 8.64. The van der Waals surface area contributed by atoms with E-state index in [1.807, 2.05) is 30.3 Å². The van der Waals surface area contributed by atoms with E-state index in [4.69, 9.17) is 10.2 Å². The third-order valence-electron chi connectivity index (χ3n) is 3.73. The molecular formula is C18H27N3O5. The number of hydrogen-bond acceptors (Lipinski definition) is 5. The van der Waals surface area contributed by atoms with E-state index in [1.165, 1.54) is 0 Å². The Labute approximate surface area is 153 Å². The molecule has 1 aromatic carbocycles. The van der Waals surface area contributed by atoms with Crippen molar-refractivity contribution in [2.45, 2.75) is 25.8 Å². The van der Waals surface area contributed by atoms with E-state index in [9.17, 15) is 14.4 Å². The van der Waals surface area contributed by atoms with E-state index < -0.39 is 11.9 Å². The second kappa shape index (κ2) is 12.8. The molecule has 0 heterocycles. The highest BCUT2D eigenvalue weighted by molar-refractivity contribution is 5.76. The fourth-order valence-electron chi connectivity index (χ4n) is 2.32. The van der Waals surface area contributed by atoms with Crippen LogP contribution < -0.4 is 10.6 Å². The molecule has 0 spiro atoms. The summed E-state index contributed by atoms with van der Waals surface area (Å²) in [6.07, 6.45) is 0.227. The number of carboxylic acids is 2. The molecule has 8 heteroatoms. The van der Waals surface area contributed by atoms with Crippen molar-refractivity contribution in [3.05, 3.63) is 35.9 Å². The maximum Gasteiger partial charge on any atom is 0.304 e. The maximum absolute atomic E-state index is 11.8. The molecule has 0 aliphatic carbocycles. The van der Waals surface area contributed by atoms with Crippen LogP contribution in [0.5, 0.6) is 0 Å². The summed E-state index contributed by atoms with van der Waals surface area (Å²) in [6, 6.07) is 9.90. The van der Waals surface area contributed by atoms with E-state index in [0.29, 0.717) is 32.6 Å². The van der Waals surface area contributed by atoms with Crippen LogP contribution >= 0.6 is 0 Å². The van der Waals surface area contributed by atoms with Gasteiger partial charge in [-0.2, -0.15) is 0 Å². The molecule has 8 nitrogen and oxygen atoms in total. The largest absolute Gasteiger partial charge is 0.481 e. The minimum Gasteiger partial charge on any atom is -0.481 e. The zero-order valence-electron chi connectivity index (χ0n) is 14.8. The van der Waals surface area contributed by atoms with Crippen molar-refractivity contribution in [3.8, 4) is 0 Å². The normalized spacial score (nSPS) is 10.7. The molecule has 1 aromatic rings. The first-order chi connectivity index (χ1) is 12.5. The maximum atomic E-state index is 11.8. The van der Waals surface area contributed by atoms with Gasteiger partial charge in [-0.15, -0.1) is 0 Å². The lowest BCUT2D eigenvalue weighted by Crippen LogP contribution is -2.37. The lowest BCUT2D eigenvalue weighted by molar-refractivity contribution is -0.137. The highest BCUT2D eigenvalue weighted by Crippen LogP contribution is 1.97. The topological polar surface area (TPSA) is 119 Å². The van der Waals surface area contributed by atoms with Gasteiger partial charge in [-0.1, -0.05) is 30.3 Å².